The van der Waals surface area contributed by atoms with Gasteiger partial charge in [-0.05, 0) is 72.9 Å². The Kier molecular flexibility index (Phi) is 8.73. The Morgan fingerprint density at radius 1 is 0.812 bits per heavy atom. The Labute approximate surface area is 190 Å². The summed E-state index contributed by atoms with van der Waals surface area (Å²) in [5.74, 6) is 0.767. The minimum atomic E-state index is -0.920. The SMILES string of the molecule is CCCCCC[C@@H](C)Oc1ccc(COc2ccc(-c3ccc(C(=O)O)cc3)cc2)cc1. The Bertz CT molecular complexity index is 960. The van der Waals surface area contributed by atoms with Gasteiger partial charge in [-0.2, -0.15) is 0 Å². The van der Waals surface area contributed by atoms with Crippen LogP contribution in [0.1, 0.15) is 61.9 Å². The molecule has 0 heterocycles. The summed E-state index contributed by atoms with van der Waals surface area (Å²) in [6.45, 7) is 4.84. The molecule has 3 rings (SSSR count). The standard InChI is InChI=1S/C28H32O4/c1-3-4-5-6-7-21(2)32-27-16-8-22(9-17-27)20-31-26-18-14-24(15-19-26)23-10-12-25(13-11-23)28(29)30/h8-19,21H,3-7,20H2,1-2H3,(H,29,30)/t21-/m1/s1. The molecule has 0 spiro atoms. The summed E-state index contributed by atoms with van der Waals surface area (Å²) in [4.78, 5) is 11.0. The van der Waals surface area contributed by atoms with Crippen molar-refractivity contribution >= 4 is 5.97 Å². The molecule has 0 unspecified atom stereocenters. The first-order chi connectivity index (χ1) is 15.5. The molecule has 0 saturated heterocycles. The molecule has 0 radical (unpaired) electrons. The average molecular weight is 433 g/mol. The van der Waals surface area contributed by atoms with Crippen LogP contribution >= 0.6 is 0 Å². The van der Waals surface area contributed by atoms with E-state index in [1.54, 1.807) is 12.1 Å². The molecular weight excluding hydrogens is 400 g/mol. The minimum Gasteiger partial charge on any atom is -0.491 e. The highest BCUT2D eigenvalue weighted by molar-refractivity contribution is 5.88. The summed E-state index contributed by atoms with van der Waals surface area (Å²) in [6.07, 6.45) is 6.36. The summed E-state index contributed by atoms with van der Waals surface area (Å²) in [5.41, 5.74) is 3.35. The van der Waals surface area contributed by atoms with Crippen LogP contribution in [0.3, 0.4) is 0 Å². The van der Waals surface area contributed by atoms with Crippen LogP contribution in [0.4, 0.5) is 0 Å². The Hall–Kier alpha value is -3.27. The predicted molar refractivity (Wildman–Crippen MR) is 128 cm³/mol. The molecule has 32 heavy (non-hydrogen) atoms. The van der Waals surface area contributed by atoms with Crippen molar-refractivity contribution < 1.29 is 19.4 Å². The van der Waals surface area contributed by atoms with E-state index in [1.165, 1.54) is 25.7 Å². The molecule has 0 fully saturated rings. The second kappa shape index (κ2) is 11.9. The number of hydrogen-bond acceptors (Lipinski definition) is 3. The summed E-state index contributed by atoms with van der Waals surface area (Å²) >= 11 is 0. The molecule has 0 aliphatic rings. The van der Waals surface area contributed by atoms with E-state index in [-0.39, 0.29) is 11.7 Å². The van der Waals surface area contributed by atoms with E-state index < -0.39 is 5.97 Å². The van der Waals surface area contributed by atoms with Gasteiger partial charge in [0.05, 0.1) is 11.7 Å². The fraction of sp³-hybridized carbons (Fsp3) is 0.321. The van der Waals surface area contributed by atoms with Gasteiger partial charge in [-0.1, -0.05) is 62.6 Å². The number of hydrogen-bond donors (Lipinski definition) is 1. The van der Waals surface area contributed by atoms with Crippen LogP contribution in [0, 0.1) is 0 Å². The van der Waals surface area contributed by atoms with E-state index in [1.807, 2.05) is 60.7 Å². The molecule has 1 atom stereocenters. The molecule has 168 valence electrons. The van der Waals surface area contributed by atoms with Gasteiger partial charge in [0.2, 0.25) is 0 Å². The lowest BCUT2D eigenvalue weighted by Crippen LogP contribution is -2.11. The van der Waals surface area contributed by atoms with Gasteiger partial charge in [-0.3, -0.25) is 0 Å². The number of carboxylic acid groups (broad SMARTS) is 1. The van der Waals surface area contributed by atoms with Crippen LogP contribution in [0.25, 0.3) is 11.1 Å². The van der Waals surface area contributed by atoms with Crippen LogP contribution in [0.5, 0.6) is 11.5 Å². The maximum Gasteiger partial charge on any atom is 0.335 e. The normalized spacial score (nSPS) is 11.7. The van der Waals surface area contributed by atoms with Crippen LogP contribution < -0.4 is 9.47 Å². The van der Waals surface area contributed by atoms with Gasteiger partial charge in [-0.15, -0.1) is 0 Å². The van der Waals surface area contributed by atoms with E-state index in [4.69, 9.17) is 14.6 Å². The summed E-state index contributed by atoms with van der Waals surface area (Å²) in [5, 5.41) is 9.01. The first kappa shape index (κ1) is 23.4. The Morgan fingerprint density at radius 2 is 1.41 bits per heavy atom. The van der Waals surface area contributed by atoms with Crippen LogP contribution in [-0.2, 0) is 6.61 Å². The van der Waals surface area contributed by atoms with Crippen LogP contribution in [0.15, 0.2) is 72.8 Å². The van der Waals surface area contributed by atoms with E-state index in [2.05, 4.69) is 13.8 Å². The lowest BCUT2D eigenvalue weighted by Gasteiger charge is -2.15. The molecule has 4 heteroatoms. The number of benzene rings is 3. The van der Waals surface area contributed by atoms with E-state index >= 15 is 0 Å². The molecule has 0 aliphatic carbocycles. The Balaban J connectivity index is 1.47. The zero-order valence-corrected chi connectivity index (χ0v) is 18.9. The number of carbonyl (C=O) groups is 1. The number of unbranched alkanes of at least 4 members (excludes halogenated alkanes) is 3. The van der Waals surface area contributed by atoms with Gasteiger partial charge in [-0.25, -0.2) is 4.79 Å². The van der Waals surface area contributed by atoms with E-state index in [0.29, 0.717) is 6.61 Å². The molecule has 3 aromatic rings. The lowest BCUT2D eigenvalue weighted by molar-refractivity contribution is 0.0697. The minimum absolute atomic E-state index is 0.229. The van der Waals surface area contributed by atoms with Gasteiger partial charge in [0, 0.05) is 0 Å². The molecular formula is C28H32O4. The van der Waals surface area contributed by atoms with Crippen molar-refractivity contribution in [3.8, 4) is 22.6 Å². The van der Waals surface area contributed by atoms with Gasteiger partial charge in [0.15, 0.2) is 0 Å². The Morgan fingerprint density at radius 3 is 2.00 bits per heavy atom. The van der Waals surface area contributed by atoms with Crippen molar-refractivity contribution in [3.63, 3.8) is 0 Å². The molecule has 0 bridgehead atoms. The highest BCUT2D eigenvalue weighted by Crippen LogP contribution is 2.24. The smallest absolute Gasteiger partial charge is 0.335 e. The summed E-state index contributed by atoms with van der Waals surface area (Å²) in [7, 11) is 0. The van der Waals surface area contributed by atoms with Crippen molar-refractivity contribution in [1.82, 2.24) is 0 Å². The predicted octanol–water partition coefficient (Wildman–Crippen LogP) is 7.37. The molecule has 0 aromatic heterocycles. The van der Waals surface area contributed by atoms with Crippen molar-refractivity contribution in [2.45, 2.75) is 58.7 Å². The topological polar surface area (TPSA) is 55.8 Å². The third-order valence-corrected chi connectivity index (χ3v) is 5.45. The highest BCUT2D eigenvalue weighted by atomic mass is 16.5. The van der Waals surface area contributed by atoms with Gasteiger partial charge in [0.25, 0.3) is 0 Å². The van der Waals surface area contributed by atoms with E-state index in [9.17, 15) is 4.79 Å². The van der Waals surface area contributed by atoms with Gasteiger partial charge >= 0.3 is 5.97 Å². The zero-order chi connectivity index (χ0) is 22.8. The fourth-order valence-electron chi connectivity index (χ4n) is 3.53. The average Bonchev–Trinajstić information content (AvgIpc) is 2.82. The van der Waals surface area contributed by atoms with E-state index in [0.717, 1.165) is 34.6 Å². The number of ether oxygens (including phenoxy) is 2. The molecule has 4 nitrogen and oxygen atoms in total. The third-order valence-electron chi connectivity index (χ3n) is 5.45. The number of carboxylic acids is 1. The second-order valence-corrected chi connectivity index (χ2v) is 8.12. The maximum absolute atomic E-state index is 11.0. The van der Waals surface area contributed by atoms with Crippen molar-refractivity contribution in [3.05, 3.63) is 83.9 Å². The number of aromatic carboxylic acids is 1. The molecule has 1 N–H and O–H groups in total. The number of rotatable bonds is 12. The van der Waals surface area contributed by atoms with Crippen LogP contribution in [-0.4, -0.2) is 17.2 Å². The molecule has 0 amide bonds. The van der Waals surface area contributed by atoms with Crippen molar-refractivity contribution in [1.29, 1.82) is 0 Å². The first-order valence-corrected chi connectivity index (χ1v) is 11.4. The van der Waals surface area contributed by atoms with Crippen LogP contribution in [0.2, 0.25) is 0 Å². The molecule has 0 aliphatic heterocycles. The third kappa shape index (κ3) is 7.16. The maximum atomic E-state index is 11.0. The second-order valence-electron chi connectivity index (χ2n) is 8.12. The first-order valence-electron chi connectivity index (χ1n) is 11.4. The summed E-state index contributed by atoms with van der Waals surface area (Å²) in [6, 6.07) is 22.8. The van der Waals surface area contributed by atoms with Crippen molar-refractivity contribution in [2.24, 2.45) is 0 Å². The zero-order valence-electron chi connectivity index (χ0n) is 18.9. The van der Waals surface area contributed by atoms with Gasteiger partial charge in [0.1, 0.15) is 18.1 Å². The largest absolute Gasteiger partial charge is 0.491 e. The lowest BCUT2D eigenvalue weighted by atomic mass is 10.0. The fourth-order valence-corrected chi connectivity index (χ4v) is 3.53. The van der Waals surface area contributed by atoms with Crippen molar-refractivity contribution in [2.75, 3.05) is 0 Å². The highest BCUT2D eigenvalue weighted by Gasteiger charge is 2.06. The van der Waals surface area contributed by atoms with Gasteiger partial charge < -0.3 is 14.6 Å². The molecule has 3 aromatic carbocycles. The quantitative estimate of drug-likeness (QED) is 0.304. The monoisotopic (exact) mass is 432 g/mol. The summed E-state index contributed by atoms with van der Waals surface area (Å²) < 4.78 is 11.9. The molecule has 0 saturated carbocycles.